The van der Waals surface area contributed by atoms with Crippen LogP contribution in [0.25, 0.3) is 0 Å². The average Bonchev–Trinajstić information content (AvgIpc) is 2.66. The largest absolute Gasteiger partial charge is 0.496 e. The van der Waals surface area contributed by atoms with E-state index in [0.717, 1.165) is 9.87 Å². The molecule has 2 aromatic carbocycles. The van der Waals surface area contributed by atoms with Crippen molar-refractivity contribution in [3.63, 3.8) is 0 Å². The highest BCUT2D eigenvalue weighted by atomic mass is 32.2. The molecule has 0 aliphatic heterocycles. The summed E-state index contributed by atoms with van der Waals surface area (Å²) < 4.78 is 45.1. The van der Waals surface area contributed by atoms with Crippen LogP contribution in [0.15, 0.2) is 47.4 Å². The van der Waals surface area contributed by atoms with Crippen LogP contribution in [0, 0.1) is 12.7 Å². The van der Waals surface area contributed by atoms with Gasteiger partial charge in [0.05, 0.1) is 24.6 Å². The van der Waals surface area contributed by atoms with E-state index in [1.165, 1.54) is 31.4 Å². The topological polar surface area (TPSA) is 75.7 Å². The van der Waals surface area contributed by atoms with Crippen LogP contribution >= 0.6 is 0 Å². The normalized spacial score (nSPS) is 12.6. The molecule has 0 aliphatic rings. The standard InChI is InChI=1S/C20H25FN2O4S/c1-5-23(28(25,26)18-10-11-19(27-4)14(2)12-18)13-20(24)22-15(3)16-6-8-17(21)9-7-16/h6-12,15H,5,13H2,1-4H3,(H,22,24)/t15-/m0/s1. The Morgan fingerprint density at radius 3 is 2.39 bits per heavy atom. The van der Waals surface area contributed by atoms with Crippen LogP contribution in [0.2, 0.25) is 0 Å². The van der Waals surface area contributed by atoms with E-state index < -0.39 is 15.9 Å². The Hall–Kier alpha value is -2.45. The molecule has 1 N–H and O–H groups in total. The molecule has 6 nitrogen and oxygen atoms in total. The molecule has 2 aromatic rings. The summed E-state index contributed by atoms with van der Waals surface area (Å²) in [7, 11) is -2.32. The van der Waals surface area contributed by atoms with Crippen molar-refractivity contribution in [2.45, 2.75) is 31.7 Å². The number of carbonyl (C=O) groups excluding carboxylic acids is 1. The van der Waals surface area contributed by atoms with Gasteiger partial charge in [-0.2, -0.15) is 4.31 Å². The molecule has 0 saturated heterocycles. The van der Waals surface area contributed by atoms with Crippen molar-refractivity contribution >= 4 is 15.9 Å². The number of rotatable bonds is 8. The van der Waals surface area contributed by atoms with Crippen molar-refractivity contribution in [3.05, 3.63) is 59.4 Å². The van der Waals surface area contributed by atoms with Crippen LogP contribution in [-0.2, 0) is 14.8 Å². The summed E-state index contributed by atoms with van der Waals surface area (Å²) >= 11 is 0. The number of halogens is 1. The summed E-state index contributed by atoms with van der Waals surface area (Å²) in [5.41, 5.74) is 1.42. The lowest BCUT2D eigenvalue weighted by atomic mass is 10.1. The first kappa shape index (κ1) is 21.8. The minimum atomic E-state index is -3.83. The molecule has 0 bridgehead atoms. The Balaban J connectivity index is 2.12. The minimum absolute atomic E-state index is 0.104. The maximum Gasteiger partial charge on any atom is 0.243 e. The molecule has 0 radical (unpaired) electrons. The Labute approximate surface area is 165 Å². The van der Waals surface area contributed by atoms with E-state index in [1.54, 1.807) is 39.0 Å². The highest BCUT2D eigenvalue weighted by molar-refractivity contribution is 7.89. The lowest BCUT2D eigenvalue weighted by molar-refractivity contribution is -0.121. The average molecular weight is 408 g/mol. The smallest absolute Gasteiger partial charge is 0.243 e. The number of nitrogens with one attached hydrogen (secondary N) is 1. The van der Waals surface area contributed by atoms with E-state index in [0.29, 0.717) is 11.3 Å². The van der Waals surface area contributed by atoms with Crippen LogP contribution in [0.3, 0.4) is 0 Å². The van der Waals surface area contributed by atoms with Gasteiger partial charge in [-0.05, 0) is 55.3 Å². The highest BCUT2D eigenvalue weighted by Gasteiger charge is 2.26. The van der Waals surface area contributed by atoms with Gasteiger partial charge in [-0.3, -0.25) is 4.79 Å². The zero-order valence-electron chi connectivity index (χ0n) is 16.4. The number of nitrogens with zero attached hydrogens (tertiary/aromatic N) is 1. The van der Waals surface area contributed by atoms with Crippen molar-refractivity contribution in [3.8, 4) is 5.75 Å². The fourth-order valence-electron chi connectivity index (χ4n) is 2.81. The van der Waals surface area contributed by atoms with E-state index in [2.05, 4.69) is 5.32 Å². The molecular formula is C20H25FN2O4S. The molecule has 1 amide bonds. The van der Waals surface area contributed by atoms with Gasteiger partial charge in [0.1, 0.15) is 11.6 Å². The van der Waals surface area contributed by atoms with Gasteiger partial charge in [0.2, 0.25) is 15.9 Å². The second-order valence-corrected chi connectivity index (χ2v) is 8.34. The first-order valence-corrected chi connectivity index (χ1v) is 10.3. The molecule has 1 atom stereocenters. The summed E-state index contributed by atoms with van der Waals surface area (Å²) in [5, 5.41) is 2.75. The van der Waals surface area contributed by atoms with Gasteiger partial charge in [0.25, 0.3) is 0 Å². The number of hydrogen-bond acceptors (Lipinski definition) is 4. The summed E-state index contributed by atoms with van der Waals surface area (Å²) in [5.74, 6) is -0.208. The summed E-state index contributed by atoms with van der Waals surface area (Å²) in [6, 6.07) is 9.98. The SMILES string of the molecule is CCN(CC(=O)N[C@@H](C)c1ccc(F)cc1)S(=O)(=O)c1ccc(OC)c(C)c1. The van der Waals surface area contributed by atoms with Gasteiger partial charge in [-0.25, -0.2) is 12.8 Å². The number of hydrogen-bond donors (Lipinski definition) is 1. The predicted molar refractivity (Wildman–Crippen MR) is 105 cm³/mol. The molecule has 0 spiro atoms. The third-order valence-electron chi connectivity index (χ3n) is 4.42. The van der Waals surface area contributed by atoms with Crippen LogP contribution in [0.5, 0.6) is 5.75 Å². The van der Waals surface area contributed by atoms with Crippen molar-refractivity contribution < 1.29 is 22.3 Å². The third kappa shape index (κ3) is 5.08. The molecule has 28 heavy (non-hydrogen) atoms. The molecule has 0 heterocycles. The summed E-state index contributed by atoms with van der Waals surface area (Å²) in [6.07, 6.45) is 0. The maximum absolute atomic E-state index is 13.0. The number of likely N-dealkylation sites (N-methyl/N-ethyl adjacent to an activating group) is 1. The van der Waals surface area contributed by atoms with Crippen molar-refractivity contribution in [2.24, 2.45) is 0 Å². The van der Waals surface area contributed by atoms with E-state index in [4.69, 9.17) is 4.74 Å². The van der Waals surface area contributed by atoms with Gasteiger partial charge in [0, 0.05) is 6.54 Å². The van der Waals surface area contributed by atoms with Gasteiger partial charge < -0.3 is 10.1 Å². The Morgan fingerprint density at radius 1 is 1.21 bits per heavy atom. The zero-order valence-corrected chi connectivity index (χ0v) is 17.2. The molecule has 0 aliphatic carbocycles. The van der Waals surface area contributed by atoms with Crippen molar-refractivity contribution in [1.29, 1.82) is 0 Å². The van der Waals surface area contributed by atoms with E-state index >= 15 is 0 Å². The number of sulfonamides is 1. The van der Waals surface area contributed by atoms with Crippen LogP contribution in [0.4, 0.5) is 4.39 Å². The van der Waals surface area contributed by atoms with Gasteiger partial charge in [-0.1, -0.05) is 19.1 Å². The second-order valence-electron chi connectivity index (χ2n) is 6.40. The molecule has 2 rings (SSSR count). The predicted octanol–water partition coefficient (Wildman–Crippen LogP) is 3.03. The van der Waals surface area contributed by atoms with Crippen LogP contribution in [-0.4, -0.2) is 38.8 Å². The Morgan fingerprint density at radius 2 is 1.86 bits per heavy atom. The van der Waals surface area contributed by atoms with E-state index in [-0.39, 0.29) is 29.8 Å². The Bertz CT molecular complexity index is 930. The van der Waals surface area contributed by atoms with Crippen LogP contribution < -0.4 is 10.1 Å². The molecular weight excluding hydrogens is 383 g/mol. The lowest BCUT2D eigenvalue weighted by Crippen LogP contribution is -2.41. The number of aryl methyl sites for hydroxylation is 1. The number of amides is 1. The van der Waals surface area contributed by atoms with Crippen molar-refractivity contribution in [2.75, 3.05) is 20.2 Å². The van der Waals surface area contributed by atoms with Crippen LogP contribution in [0.1, 0.15) is 31.0 Å². The lowest BCUT2D eigenvalue weighted by Gasteiger charge is -2.22. The van der Waals surface area contributed by atoms with E-state index in [1.807, 2.05) is 0 Å². The highest BCUT2D eigenvalue weighted by Crippen LogP contribution is 2.23. The summed E-state index contributed by atoms with van der Waals surface area (Å²) in [6.45, 7) is 5.01. The quantitative estimate of drug-likeness (QED) is 0.729. The zero-order chi connectivity index (χ0) is 20.9. The van der Waals surface area contributed by atoms with Gasteiger partial charge in [-0.15, -0.1) is 0 Å². The number of benzene rings is 2. The van der Waals surface area contributed by atoms with Crippen molar-refractivity contribution in [1.82, 2.24) is 9.62 Å². The maximum atomic E-state index is 13.0. The molecule has 0 fully saturated rings. The molecule has 0 unspecified atom stereocenters. The number of carbonyl (C=O) groups is 1. The molecule has 0 saturated carbocycles. The first-order valence-electron chi connectivity index (χ1n) is 8.88. The van der Waals surface area contributed by atoms with Gasteiger partial charge in [0.15, 0.2) is 0 Å². The second kappa shape index (κ2) is 9.16. The monoisotopic (exact) mass is 408 g/mol. The first-order chi connectivity index (χ1) is 13.2. The third-order valence-corrected chi connectivity index (χ3v) is 6.34. The summed E-state index contributed by atoms with van der Waals surface area (Å²) in [4.78, 5) is 12.5. The fraction of sp³-hybridized carbons (Fsp3) is 0.350. The van der Waals surface area contributed by atoms with Gasteiger partial charge >= 0.3 is 0 Å². The van der Waals surface area contributed by atoms with E-state index in [9.17, 15) is 17.6 Å². The molecule has 8 heteroatoms. The molecule has 0 aromatic heterocycles. The Kier molecular flexibility index (Phi) is 7.15. The molecule has 152 valence electrons. The number of ether oxygens (including phenoxy) is 1. The fourth-order valence-corrected chi connectivity index (χ4v) is 4.30. The number of methoxy groups -OCH3 is 1. The minimum Gasteiger partial charge on any atom is -0.496 e.